The predicted octanol–water partition coefficient (Wildman–Crippen LogP) is 2.77. The number of hydrogen-bond acceptors (Lipinski definition) is 5. The maximum atomic E-state index is 9.42. The van der Waals surface area contributed by atoms with Crippen molar-refractivity contribution < 1.29 is 5.11 Å². The van der Waals surface area contributed by atoms with Crippen LogP contribution < -0.4 is 4.90 Å². The van der Waals surface area contributed by atoms with Crippen LogP contribution in [0.4, 0.5) is 5.13 Å². The number of anilines is 1. The number of aliphatic hydroxyl groups excluding tert-OH is 1. The molecule has 0 radical (unpaired) electrons. The highest BCUT2D eigenvalue weighted by Crippen LogP contribution is 2.25. The van der Waals surface area contributed by atoms with Gasteiger partial charge in [-0.05, 0) is 32.3 Å². The first-order chi connectivity index (χ1) is 7.56. The summed E-state index contributed by atoms with van der Waals surface area (Å²) in [6, 6.07) is 0.487. The van der Waals surface area contributed by atoms with E-state index >= 15 is 0 Å². The number of aliphatic hydroxyl groups is 1. The third kappa shape index (κ3) is 3.64. The number of nitrogens with zero attached hydrogens (tertiary/aromatic N) is 2. The number of thioether (sulfide) groups is 1. The molecule has 1 aromatic heterocycles. The topological polar surface area (TPSA) is 36.4 Å². The van der Waals surface area contributed by atoms with Crippen molar-refractivity contribution >= 4 is 28.2 Å². The Bertz CT molecular complexity index is 315. The van der Waals surface area contributed by atoms with Gasteiger partial charge in [0.05, 0.1) is 11.8 Å². The van der Waals surface area contributed by atoms with E-state index in [4.69, 9.17) is 0 Å². The van der Waals surface area contributed by atoms with Crippen LogP contribution in [0.1, 0.15) is 32.1 Å². The molecule has 0 fully saturated rings. The van der Waals surface area contributed by atoms with Gasteiger partial charge >= 0.3 is 0 Å². The van der Waals surface area contributed by atoms with Gasteiger partial charge in [0.15, 0.2) is 5.13 Å². The first-order valence-electron chi connectivity index (χ1n) is 5.41. The van der Waals surface area contributed by atoms with Crippen LogP contribution in [0.25, 0.3) is 0 Å². The minimum Gasteiger partial charge on any atom is -0.387 e. The molecular formula is C11H20N2OS2. The second-order valence-electron chi connectivity index (χ2n) is 3.97. The van der Waals surface area contributed by atoms with Crippen LogP contribution in [0, 0.1) is 0 Å². The molecule has 0 spiro atoms. The van der Waals surface area contributed by atoms with Gasteiger partial charge in [0.2, 0.25) is 0 Å². The van der Waals surface area contributed by atoms with E-state index in [1.165, 1.54) is 5.75 Å². The van der Waals surface area contributed by atoms with Crippen molar-refractivity contribution in [2.24, 2.45) is 0 Å². The highest BCUT2D eigenvalue weighted by Gasteiger charge is 2.14. The lowest BCUT2D eigenvalue weighted by atomic mass is 10.2. The summed E-state index contributed by atoms with van der Waals surface area (Å²) in [5, 5.41) is 12.3. The molecule has 0 aliphatic heterocycles. The molecular weight excluding hydrogens is 240 g/mol. The zero-order valence-electron chi connectivity index (χ0n) is 10.3. The van der Waals surface area contributed by atoms with Crippen molar-refractivity contribution in [2.45, 2.75) is 32.4 Å². The average molecular weight is 260 g/mol. The van der Waals surface area contributed by atoms with Crippen molar-refractivity contribution in [1.29, 1.82) is 0 Å². The van der Waals surface area contributed by atoms with Gasteiger partial charge in [0.1, 0.15) is 0 Å². The lowest BCUT2D eigenvalue weighted by Gasteiger charge is -2.23. The van der Waals surface area contributed by atoms with Crippen molar-refractivity contribution in [2.75, 3.05) is 24.0 Å². The van der Waals surface area contributed by atoms with Crippen LogP contribution in [0.2, 0.25) is 0 Å². The SMILES string of the molecule is CSCCC(C)N(C)c1nc(C(C)O)cs1. The molecule has 16 heavy (non-hydrogen) atoms. The largest absolute Gasteiger partial charge is 0.387 e. The number of rotatable bonds is 6. The third-order valence-electron chi connectivity index (χ3n) is 2.64. The molecule has 0 amide bonds. The summed E-state index contributed by atoms with van der Waals surface area (Å²) in [6.45, 7) is 3.95. The van der Waals surface area contributed by atoms with E-state index in [1.807, 2.05) is 17.1 Å². The molecule has 2 atom stereocenters. The lowest BCUT2D eigenvalue weighted by molar-refractivity contribution is 0.195. The predicted molar refractivity (Wildman–Crippen MR) is 73.6 cm³/mol. The van der Waals surface area contributed by atoms with E-state index in [0.29, 0.717) is 6.04 Å². The van der Waals surface area contributed by atoms with Crippen LogP contribution in [-0.4, -0.2) is 35.2 Å². The van der Waals surface area contributed by atoms with Crippen molar-refractivity contribution in [3.05, 3.63) is 11.1 Å². The zero-order chi connectivity index (χ0) is 12.1. The number of hydrogen-bond donors (Lipinski definition) is 1. The Balaban J connectivity index is 2.60. The van der Waals surface area contributed by atoms with Crippen LogP contribution >= 0.6 is 23.1 Å². The lowest BCUT2D eigenvalue weighted by Crippen LogP contribution is -2.29. The van der Waals surface area contributed by atoms with E-state index in [0.717, 1.165) is 17.2 Å². The Labute approximate surface area is 106 Å². The molecule has 1 aromatic rings. The zero-order valence-corrected chi connectivity index (χ0v) is 11.9. The van der Waals surface area contributed by atoms with E-state index in [2.05, 4.69) is 30.1 Å². The normalized spacial score (nSPS) is 14.8. The van der Waals surface area contributed by atoms with Gasteiger partial charge in [-0.25, -0.2) is 4.98 Å². The Morgan fingerprint density at radius 3 is 2.75 bits per heavy atom. The Hall–Kier alpha value is -0.260. The minimum atomic E-state index is -0.472. The van der Waals surface area contributed by atoms with Crippen molar-refractivity contribution in [3.63, 3.8) is 0 Å². The summed E-state index contributed by atoms with van der Waals surface area (Å²) in [5.74, 6) is 1.17. The van der Waals surface area contributed by atoms with E-state index in [9.17, 15) is 5.11 Å². The quantitative estimate of drug-likeness (QED) is 0.853. The molecule has 92 valence electrons. The Morgan fingerprint density at radius 1 is 1.56 bits per heavy atom. The average Bonchev–Trinajstić information content (AvgIpc) is 2.74. The Morgan fingerprint density at radius 2 is 2.25 bits per heavy atom. The number of aromatic nitrogens is 1. The van der Waals surface area contributed by atoms with Crippen molar-refractivity contribution in [3.8, 4) is 0 Å². The van der Waals surface area contributed by atoms with Crippen molar-refractivity contribution in [1.82, 2.24) is 4.98 Å². The summed E-state index contributed by atoms with van der Waals surface area (Å²) in [6.07, 6.45) is 2.81. The highest BCUT2D eigenvalue weighted by molar-refractivity contribution is 7.98. The standard InChI is InChI=1S/C11H20N2OS2/c1-8(5-6-15-4)13(3)11-12-10(7-16-11)9(2)14/h7-9,14H,5-6H2,1-4H3. The van der Waals surface area contributed by atoms with Gasteiger partial charge in [-0.3, -0.25) is 0 Å². The second kappa shape index (κ2) is 6.47. The minimum absolute atomic E-state index is 0.472. The van der Waals surface area contributed by atoms with Crippen LogP contribution in [0.5, 0.6) is 0 Å². The molecule has 0 aliphatic rings. The fourth-order valence-corrected chi connectivity index (χ4v) is 2.86. The van der Waals surface area contributed by atoms with E-state index < -0.39 is 6.10 Å². The smallest absolute Gasteiger partial charge is 0.185 e. The summed E-state index contributed by atoms with van der Waals surface area (Å²) in [5.41, 5.74) is 0.768. The van der Waals surface area contributed by atoms with E-state index in [-0.39, 0.29) is 0 Å². The van der Waals surface area contributed by atoms with Crippen LogP contribution in [0.15, 0.2) is 5.38 Å². The maximum absolute atomic E-state index is 9.42. The number of thiazole rings is 1. The molecule has 1 rings (SSSR count). The molecule has 5 heteroatoms. The molecule has 0 saturated heterocycles. The fourth-order valence-electron chi connectivity index (χ4n) is 1.30. The van der Waals surface area contributed by atoms with Gasteiger partial charge < -0.3 is 10.0 Å². The maximum Gasteiger partial charge on any atom is 0.185 e. The highest BCUT2D eigenvalue weighted by atomic mass is 32.2. The monoisotopic (exact) mass is 260 g/mol. The van der Waals surface area contributed by atoms with Crippen LogP contribution in [0.3, 0.4) is 0 Å². The fraction of sp³-hybridized carbons (Fsp3) is 0.727. The summed E-state index contributed by atoms with van der Waals surface area (Å²) in [7, 11) is 2.07. The van der Waals surface area contributed by atoms with Crippen LogP contribution in [-0.2, 0) is 0 Å². The Kier molecular flexibility index (Phi) is 5.58. The summed E-state index contributed by atoms with van der Waals surface area (Å²) < 4.78 is 0. The molecule has 3 nitrogen and oxygen atoms in total. The molecule has 0 aromatic carbocycles. The molecule has 1 N–H and O–H groups in total. The summed E-state index contributed by atoms with van der Waals surface area (Å²) >= 11 is 3.46. The molecule has 0 aliphatic carbocycles. The second-order valence-corrected chi connectivity index (χ2v) is 5.79. The third-order valence-corrected chi connectivity index (χ3v) is 4.23. The molecule has 0 saturated carbocycles. The van der Waals surface area contributed by atoms with Gasteiger partial charge in [-0.1, -0.05) is 0 Å². The first kappa shape index (κ1) is 13.8. The van der Waals surface area contributed by atoms with Gasteiger partial charge in [-0.2, -0.15) is 11.8 Å². The molecule has 2 unspecified atom stereocenters. The first-order valence-corrected chi connectivity index (χ1v) is 7.68. The van der Waals surface area contributed by atoms with Gasteiger partial charge in [0.25, 0.3) is 0 Å². The van der Waals surface area contributed by atoms with Gasteiger partial charge in [0, 0.05) is 18.5 Å². The van der Waals surface area contributed by atoms with Gasteiger partial charge in [-0.15, -0.1) is 11.3 Å². The molecule has 0 bridgehead atoms. The molecule has 1 heterocycles. The van der Waals surface area contributed by atoms with E-state index in [1.54, 1.807) is 18.3 Å². The summed E-state index contributed by atoms with van der Waals surface area (Å²) in [4.78, 5) is 6.61.